The van der Waals surface area contributed by atoms with Crippen LogP contribution in [0.15, 0.2) is 24.3 Å². The quantitative estimate of drug-likeness (QED) is 0.0261. The molecule has 0 bridgehead atoms. The van der Waals surface area contributed by atoms with Crippen LogP contribution < -0.4 is 0 Å². The molecule has 6 heteroatoms. The van der Waals surface area contributed by atoms with Gasteiger partial charge in [-0.05, 0) is 70.6 Å². The van der Waals surface area contributed by atoms with Gasteiger partial charge >= 0.3 is 17.9 Å². The van der Waals surface area contributed by atoms with Crippen LogP contribution in [0.1, 0.15) is 425 Å². The van der Waals surface area contributed by atoms with E-state index >= 15 is 0 Å². The first-order valence-electron chi connectivity index (χ1n) is 37.3. The number of carbonyl (C=O) groups is 3. The fourth-order valence-corrected chi connectivity index (χ4v) is 11.6. The van der Waals surface area contributed by atoms with Gasteiger partial charge in [-0.1, -0.05) is 360 Å². The first-order valence-corrected chi connectivity index (χ1v) is 37.3. The van der Waals surface area contributed by atoms with Crippen molar-refractivity contribution in [3.63, 3.8) is 0 Å². The summed E-state index contributed by atoms with van der Waals surface area (Å²) in [6, 6.07) is 0. The molecule has 0 N–H and O–H groups in total. The van der Waals surface area contributed by atoms with Crippen molar-refractivity contribution in [1.82, 2.24) is 0 Å². The van der Waals surface area contributed by atoms with Crippen molar-refractivity contribution < 1.29 is 28.6 Å². The third-order valence-electron chi connectivity index (χ3n) is 17.2. The van der Waals surface area contributed by atoms with Crippen molar-refractivity contribution in [1.29, 1.82) is 0 Å². The highest BCUT2D eigenvalue weighted by molar-refractivity contribution is 5.71. The molecular formula is C76H144O6. The van der Waals surface area contributed by atoms with Crippen LogP contribution in [0.5, 0.6) is 0 Å². The zero-order valence-corrected chi connectivity index (χ0v) is 55.8. The lowest BCUT2D eigenvalue weighted by Gasteiger charge is -2.18. The average molecular weight is 1150 g/mol. The predicted octanol–water partition coefficient (Wildman–Crippen LogP) is 25.7. The number of carbonyl (C=O) groups excluding carboxylic acids is 3. The van der Waals surface area contributed by atoms with Crippen LogP contribution in [-0.2, 0) is 28.6 Å². The minimum atomic E-state index is -0.771. The molecule has 0 aromatic heterocycles. The smallest absolute Gasteiger partial charge is 0.306 e. The zero-order chi connectivity index (χ0) is 59.2. The summed E-state index contributed by atoms with van der Waals surface area (Å²) in [6.07, 6.45) is 87.9. The van der Waals surface area contributed by atoms with Crippen LogP contribution in [0.25, 0.3) is 0 Å². The molecule has 6 nitrogen and oxygen atoms in total. The summed E-state index contributed by atoms with van der Waals surface area (Å²) < 4.78 is 17.0. The SMILES string of the molecule is CCCCCCCCC/C=C\CCCCCCCCCC(=O)OCC(COC(=O)CCCCCCCCCCCCCCC/C=C\CCCCCCCCCC)OC(=O)CCCCCCCCCCCCCCCCCCCCCCC. The maximum Gasteiger partial charge on any atom is 0.306 e. The Morgan fingerprint density at radius 2 is 0.402 bits per heavy atom. The van der Waals surface area contributed by atoms with Gasteiger partial charge in [0.05, 0.1) is 0 Å². The molecule has 0 aromatic rings. The highest BCUT2D eigenvalue weighted by atomic mass is 16.6. The Balaban J connectivity index is 4.28. The van der Waals surface area contributed by atoms with Crippen molar-refractivity contribution >= 4 is 17.9 Å². The van der Waals surface area contributed by atoms with Crippen molar-refractivity contribution in [2.45, 2.75) is 431 Å². The minimum Gasteiger partial charge on any atom is -0.462 e. The number of esters is 3. The lowest BCUT2D eigenvalue weighted by Crippen LogP contribution is -2.30. The molecule has 0 fully saturated rings. The second-order valence-corrected chi connectivity index (χ2v) is 25.6. The van der Waals surface area contributed by atoms with Gasteiger partial charge in [-0.15, -0.1) is 0 Å². The molecule has 0 spiro atoms. The molecule has 0 saturated carbocycles. The molecule has 82 heavy (non-hydrogen) atoms. The van der Waals surface area contributed by atoms with Crippen LogP contribution in [0.3, 0.4) is 0 Å². The van der Waals surface area contributed by atoms with Gasteiger partial charge in [-0.2, -0.15) is 0 Å². The Labute approximate surface area is 513 Å². The average Bonchev–Trinajstić information content (AvgIpc) is 3.47. The number of hydrogen-bond donors (Lipinski definition) is 0. The predicted molar refractivity (Wildman–Crippen MR) is 358 cm³/mol. The first-order chi connectivity index (χ1) is 40.5. The fraction of sp³-hybridized carbons (Fsp3) is 0.908. The lowest BCUT2D eigenvalue weighted by molar-refractivity contribution is -0.167. The monoisotopic (exact) mass is 1150 g/mol. The number of allylic oxidation sites excluding steroid dienone is 4. The van der Waals surface area contributed by atoms with Gasteiger partial charge < -0.3 is 14.2 Å². The molecule has 0 aromatic carbocycles. The molecule has 484 valence electrons. The fourth-order valence-electron chi connectivity index (χ4n) is 11.6. The summed E-state index contributed by atoms with van der Waals surface area (Å²) in [5, 5.41) is 0. The summed E-state index contributed by atoms with van der Waals surface area (Å²) >= 11 is 0. The van der Waals surface area contributed by atoms with E-state index in [1.165, 1.54) is 327 Å². The Morgan fingerprint density at radius 3 is 0.610 bits per heavy atom. The second kappa shape index (κ2) is 71.4. The molecule has 1 atom stereocenters. The van der Waals surface area contributed by atoms with E-state index in [1.54, 1.807) is 0 Å². The van der Waals surface area contributed by atoms with Crippen molar-refractivity contribution in [2.75, 3.05) is 13.2 Å². The summed E-state index contributed by atoms with van der Waals surface area (Å²) in [5.74, 6) is -0.835. The molecule has 1 unspecified atom stereocenters. The molecule has 0 aliphatic heterocycles. The molecule has 0 aliphatic carbocycles. The lowest BCUT2D eigenvalue weighted by atomic mass is 10.0. The Morgan fingerprint density at radius 1 is 0.232 bits per heavy atom. The maximum atomic E-state index is 13.0. The third kappa shape index (κ3) is 68.7. The van der Waals surface area contributed by atoms with Crippen LogP contribution in [0.4, 0.5) is 0 Å². The van der Waals surface area contributed by atoms with Gasteiger partial charge in [-0.25, -0.2) is 0 Å². The molecular weight excluding hydrogens is 1010 g/mol. The third-order valence-corrected chi connectivity index (χ3v) is 17.2. The van der Waals surface area contributed by atoms with Gasteiger partial charge in [0.2, 0.25) is 0 Å². The van der Waals surface area contributed by atoms with Crippen molar-refractivity contribution in [3.05, 3.63) is 24.3 Å². The molecule has 0 heterocycles. The summed E-state index contributed by atoms with van der Waals surface area (Å²) in [6.45, 7) is 6.73. The molecule has 0 rings (SSSR count). The van der Waals surface area contributed by atoms with Crippen LogP contribution >= 0.6 is 0 Å². The van der Waals surface area contributed by atoms with E-state index in [2.05, 4.69) is 45.1 Å². The van der Waals surface area contributed by atoms with E-state index in [9.17, 15) is 14.4 Å². The van der Waals surface area contributed by atoms with E-state index in [0.717, 1.165) is 57.8 Å². The van der Waals surface area contributed by atoms with Crippen LogP contribution in [0, 0.1) is 0 Å². The Kier molecular flexibility index (Phi) is 69.5. The van der Waals surface area contributed by atoms with Gasteiger partial charge in [-0.3, -0.25) is 14.4 Å². The number of rotatable bonds is 70. The highest BCUT2D eigenvalue weighted by Crippen LogP contribution is 2.19. The Hall–Kier alpha value is -2.11. The summed E-state index contributed by atoms with van der Waals surface area (Å²) in [7, 11) is 0. The number of unbranched alkanes of at least 4 members (excludes halogenated alkanes) is 55. The topological polar surface area (TPSA) is 78.9 Å². The standard InChI is InChI=1S/C76H144O6/c1-4-7-10-13-16-19-22-25-28-31-34-36-37-38-39-41-42-45-48-51-54-57-60-63-66-69-75(78)81-72-73(71-80-74(77)68-65-62-59-56-53-50-47-44-33-30-27-24-21-18-15-12-9-6-3)82-76(79)70-67-64-61-58-55-52-49-46-43-40-35-32-29-26-23-20-17-14-11-8-5-2/h30-31,33-34,73H,4-29,32,35-72H2,1-3H3/b33-30-,34-31-. The van der Waals surface area contributed by atoms with Crippen LogP contribution in [-0.4, -0.2) is 37.2 Å². The van der Waals surface area contributed by atoms with Gasteiger partial charge in [0, 0.05) is 19.3 Å². The van der Waals surface area contributed by atoms with Gasteiger partial charge in [0.25, 0.3) is 0 Å². The molecule has 0 amide bonds. The number of hydrogen-bond acceptors (Lipinski definition) is 6. The normalized spacial score (nSPS) is 12.1. The minimum absolute atomic E-state index is 0.0665. The Bertz CT molecular complexity index is 1320. The van der Waals surface area contributed by atoms with E-state index < -0.39 is 6.10 Å². The van der Waals surface area contributed by atoms with Crippen LogP contribution in [0.2, 0.25) is 0 Å². The summed E-state index contributed by atoms with van der Waals surface area (Å²) in [4.78, 5) is 38.5. The molecule has 0 aliphatic rings. The van der Waals surface area contributed by atoms with Gasteiger partial charge in [0.1, 0.15) is 13.2 Å². The first kappa shape index (κ1) is 79.9. The van der Waals surface area contributed by atoms with Crippen molar-refractivity contribution in [3.8, 4) is 0 Å². The van der Waals surface area contributed by atoms with Gasteiger partial charge in [0.15, 0.2) is 6.10 Å². The molecule has 0 radical (unpaired) electrons. The maximum absolute atomic E-state index is 13.0. The van der Waals surface area contributed by atoms with E-state index in [1.807, 2.05) is 0 Å². The summed E-state index contributed by atoms with van der Waals surface area (Å²) in [5.41, 5.74) is 0. The van der Waals surface area contributed by atoms with Crippen molar-refractivity contribution in [2.24, 2.45) is 0 Å². The molecule has 0 saturated heterocycles. The number of ether oxygens (including phenoxy) is 3. The van der Waals surface area contributed by atoms with E-state index in [0.29, 0.717) is 19.3 Å². The van der Waals surface area contributed by atoms with E-state index in [4.69, 9.17) is 14.2 Å². The highest BCUT2D eigenvalue weighted by Gasteiger charge is 2.20. The second-order valence-electron chi connectivity index (χ2n) is 25.6. The van der Waals surface area contributed by atoms with E-state index in [-0.39, 0.29) is 31.1 Å². The zero-order valence-electron chi connectivity index (χ0n) is 55.8. The largest absolute Gasteiger partial charge is 0.462 e.